The van der Waals surface area contributed by atoms with Crippen LogP contribution in [-0.4, -0.2) is 18.5 Å². The largest absolute Gasteiger partial charge is 0.107 e. The molecule has 1 aliphatic carbocycles. The van der Waals surface area contributed by atoms with Gasteiger partial charge in [0.25, 0.3) is 0 Å². The Morgan fingerprint density at radius 3 is 2.76 bits per heavy atom. The highest BCUT2D eigenvalue weighted by atomic mass is 35.5. The van der Waals surface area contributed by atoms with Crippen LogP contribution in [0.15, 0.2) is 24.3 Å². The van der Waals surface area contributed by atoms with E-state index in [0.717, 1.165) is 10.9 Å². The Balaban J connectivity index is 2.18. The first-order chi connectivity index (χ1) is 8.01. The number of hydrogen-bond donors (Lipinski definition) is 0. The number of benzene rings is 1. The topological polar surface area (TPSA) is 0 Å². The molecule has 1 aromatic rings. The molecule has 0 aliphatic heterocycles. The SMILES string of the molecule is CP(C)C1(C)CCCC(c2cccc(Cl)c2)C1. The summed E-state index contributed by atoms with van der Waals surface area (Å²) in [5.74, 6) is 0.720. The molecule has 2 atom stereocenters. The maximum atomic E-state index is 6.10. The van der Waals surface area contributed by atoms with Crippen LogP contribution in [-0.2, 0) is 0 Å². The first-order valence-corrected chi connectivity index (χ1v) is 9.05. The minimum absolute atomic E-state index is 0.142. The van der Waals surface area contributed by atoms with E-state index < -0.39 is 0 Å². The second-order valence-corrected chi connectivity index (χ2v) is 9.04. The van der Waals surface area contributed by atoms with Crippen LogP contribution < -0.4 is 0 Å². The molecule has 1 fully saturated rings. The van der Waals surface area contributed by atoms with Gasteiger partial charge in [-0.3, -0.25) is 0 Å². The summed E-state index contributed by atoms with van der Waals surface area (Å²) < 4.78 is 0. The first kappa shape index (κ1) is 13.4. The molecule has 0 amide bonds. The van der Waals surface area contributed by atoms with Gasteiger partial charge in [-0.05, 0) is 61.4 Å². The van der Waals surface area contributed by atoms with E-state index >= 15 is 0 Å². The van der Waals surface area contributed by atoms with Crippen molar-refractivity contribution in [3.8, 4) is 0 Å². The summed E-state index contributed by atoms with van der Waals surface area (Å²) >= 11 is 6.10. The van der Waals surface area contributed by atoms with Crippen molar-refractivity contribution in [3.63, 3.8) is 0 Å². The standard InChI is InChI=1S/C15H22ClP/c1-15(17(2)3)9-5-7-13(11-15)12-6-4-8-14(16)10-12/h4,6,8,10,13H,5,7,9,11H2,1-3H3. The van der Waals surface area contributed by atoms with Crippen molar-refractivity contribution in [1.29, 1.82) is 0 Å². The minimum Gasteiger partial charge on any atom is -0.107 e. The van der Waals surface area contributed by atoms with Gasteiger partial charge in [-0.1, -0.05) is 37.1 Å². The fourth-order valence-electron chi connectivity index (χ4n) is 2.92. The molecular weight excluding hydrogens is 247 g/mol. The van der Waals surface area contributed by atoms with Gasteiger partial charge >= 0.3 is 0 Å². The quantitative estimate of drug-likeness (QED) is 0.622. The van der Waals surface area contributed by atoms with Crippen LogP contribution in [0, 0.1) is 0 Å². The molecule has 0 spiro atoms. The second-order valence-electron chi connectivity index (χ2n) is 5.74. The molecular formula is C15H22ClP. The molecule has 2 heteroatoms. The average Bonchev–Trinajstić information content (AvgIpc) is 2.29. The highest BCUT2D eigenvalue weighted by Gasteiger charge is 2.35. The Morgan fingerprint density at radius 1 is 1.35 bits per heavy atom. The Hall–Kier alpha value is -0.0600. The lowest BCUT2D eigenvalue weighted by Crippen LogP contribution is -2.29. The lowest BCUT2D eigenvalue weighted by Gasteiger charge is -2.41. The molecule has 94 valence electrons. The van der Waals surface area contributed by atoms with E-state index in [1.54, 1.807) is 0 Å². The monoisotopic (exact) mass is 268 g/mol. The fourth-order valence-corrected chi connectivity index (χ4v) is 4.31. The third-order valence-electron chi connectivity index (χ3n) is 4.35. The molecule has 17 heavy (non-hydrogen) atoms. The lowest BCUT2D eigenvalue weighted by atomic mass is 9.78. The highest BCUT2D eigenvalue weighted by molar-refractivity contribution is 7.57. The lowest BCUT2D eigenvalue weighted by molar-refractivity contribution is 0.371. The van der Waals surface area contributed by atoms with Gasteiger partial charge in [-0.25, -0.2) is 0 Å². The third kappa shape index (κ3) is 3.04. The van der Waals surface area contributed by atoms with Gasteiger partial charge in [0.2, 0.25) is 0 Å². The summed E-state index contributed by atoms with van der Waals surface area (Å²) in [7, 11) is 0.142. The summed E-state index contributed by atoms with van der Waals surface area (Å²) in [4.78, 5) is 0. The molecule has 0 radical (unpaired) electrons. The van der Waals surface area contributed by atoms with Crippen molar-refractivity contribution in [1.82, 2.24) is 0 Å². The van der Waals surface area contributed by atoms with Crippen LogP contribution in [0.5, 0.6) is 0 Å². The molecule has 0 saturated heterocycles. The normalized spacial score (nSPS) is 29.6. The third-order valence-corrected chi connectivity index (χ3v) is 7.15. The zero-order chi connectivity index (χ0) is 12.5. The van der Waals surface area contributed by atoms with E-state index in [0.29, 0.717) is 5.16 Å². The molecule has 0 N–H and O–H groups in total. The Bertz CT molecular complexity index is 388. The van der Waals surface area contributed by atoms with Crippen LogP contribution in [0.4, 0.5) is 0 Å². The second kappa shape index (κ2) is 5.29. The van der Waals surface area contributed by atoms with E-state index in [2.05, 4.69) is 38.5 Å². The van der Waals surface area contributed by atoms with Gasteiger partial charge in [0.1, 0.15) is 0 Å². The van der Waals surface area contributed by atoms with Crippen molar-refractivity contribution in [2.45, 2.75) is 43.7 Å². The summed E-state index contributed by atoms with van der Waals surface area (Å²) in [6, 6.07) is 8.46. The minimum atomic E-state index is 0.142. The van der Waals surface area contributed by atoms with E-state index in [1.807, 2.05) is 6.07 Å². The molecule has 0 nitrogen and oxygen atoms in total. The molecule has 1 saturated carbocycles. The van der Waals surface area contributed by atoms with Crippen molar-refractivity contribution in [2.75, 3.05) is 13.3 Å². The summed E-state index contributed by atoms with van der Waals surface area (Å²) in [5.41, 5.74) is 1.44. The smallest absolute Gasteiger partial charge is 0.0408 e. The molecule has 0 aromatic heterocycles. The van der Waals surface area contributed by atoms with Gasteiger partial charge in [0.15, 0.2) is 0 Å². The molecule has 1 aromatic carbocycles. The predicted octanol–water partition coefficient (Wildman–Crippen LogP) is 5.50. The van der Waals surface area contributed by atoms with Crippen LogP contribution in [0.1, 0.15) is 44.1 Å². The molecule has 2 unspecified atom stereocenters. The first-order valence-electron chi connectivity index (χ1n) is 6.44. The van der Waals surface area contributed by atoms with Gasteiger partial charge in [-0.2, -0.15) is 0 Å². The van der Waals surface area contributed by atoms with Crippen molar-refractivity contribution >= 4 is 19.5 Å². The van der Waals surface area contributed by atoms with Crippen molar-refractivity contribution in [3.05, 3.63) is 34.9 Å². The number of halogens is 1. The van der Waals surface area contributed by atoms with Gasteiger partial charge in [0.05, 0.1) is 0 Å². The van der Waals surface area contributed by atoms with Crippen LogP contribution >= 0.6 is 19.5 Å². The summed E-state index contributed by atoms with van der Waals surface area (Å²) in [6.07, 6.45) is 5.45. The molecule has 0 heterocycles. The zero-order valence-corrected chi connectivity index (χ0v) is 12.7. The van der Waals surface area contributed by atoms with Crippen LogP contribution in [0.2, 0.25) is 5.02 Å². The zero-order valence-electron chi connectivity index (χ0n) is 11.0. The Morgan fingerprint density at radius 2 is 2.12 bits per heavy atom. The van der Waals surface area contributed by atoms with E-state index in [9.17, 15) is 0 Å². The van der Waals surface area contributed by atoms with E-state index in [1.165, 1.54) is 31.2 Å². The van der Waals surface area contributed by atoms with E-state index in [4.69, 9.17) is 11.6 Å². The maximum Gasteiger partial charge on any atom is 0.0408 e. The molecule has 2 rings (SSSR count). The van der Waals surface area contributed by atoms with Gasteiger partial charge < -0.3 is 0 Å². The van der Waals surface area contributed by atoms with E-state index in [-0.39, 0.29) is 7.92 Å². The number of rotatable bonds is 2. The Kier molecular flexibility index (Phi) is 4.16. The number of hydrogen-bond acceptors (Lipinski definition) is 0. The Labute approximate surface area is 112 Å². The predicted molar refractivity (Wildman–Crippen MR) is 79.8 cm³/mol. The van der Waals surface area contributed by atoms with Gasteiger partial charge in [0, 0.05) is 5.02 Å². The summed E-state index contributed by atoms with van der Waals surface area (Å²) in [5, 5.41) is 1.45. The fraction of sp³-hybridized carbons (Fsp3) is 0.600. The van der Waals surface area contributed by atoms with Crippen LogP contribution in [0.25, 0.3) is 0 Å². The van der Waals surface area contributed by atoms with Crippen LogP contribution in [0.3, 0.4) is 0 Å². The average molecular weight is 269 g/mol. The molecule has 1 aliphatic rings. The highest BCUT2D eigenvalue weighted by Crippen LogP contribution is 2.54. The van der Waals surface area contributed by atoms with Crippen molar-refractivity contribution < 1.29 is 0 Å². The van der Waals surface area contributed by atoms with Crippen molar-refractivity contribution in [2.24, 2.45) is 0 Å². The maximum absolute atomic E-state index is 6.10. The van der Waals surface area contributed by atoms with Gasteiger partial charge in [-0.15, -0.1) is 7.92 Å². The summed E-state index contributed by atoms with van der Waals surface area (Å²) in [6.45, 7) is 7.33. The molecule has 0 bridgehead atoms.